The van der Waals surface area contributed by atoms with Crippen molar-refractivity contribution in [1.29, 1.82) is 0 Å². The topological polar surface area (TPSA) is 39.2 Å². The van der Waals surface area contributed by atoms with Gasteiger partial charge < -0.3 is 4.74 Å². The lowest BCUT2D eigenvalue weighted by molar-refractivity contribution is -0.129. The SMILES string of the molecule is Cc1nc(-c2ccc(COC=O)s2)cs1. The molecule has 0 amide bonds. The van der Waals surface area contributed by atoms with Crippen molar-refractivity contribution >= 4 is 29.1 Å². The highest BCUT2D eigenvalue weighted by Gasteiger charge is 2.05. The average molecular weight is 239 g/mol. The molecule has 0 bridgehead atoms. The summed E-state index contributed by atoms with van der Waals surface area (Å²) < 4.78 is 4.69. The third kappa shape index (κ3) is 2.43. The van der Waals surface area contributed by atoms with Crippen LogP contribution in [0, 0.1) is 6.92 Å². The smallest absolute Gasteiger partial charge is 0.293 e. The number of thiophene rings is 1. The normalized spacial score (nSPS) is 10.2. The van der Waals surface area contributed by atoms with Gasteiger partial charge in [0.25, 0.3) is 6.47 Å². The Morgan fingerprint density at radius 3 is 3.07 bits per heavy atom. The van der Waals surface area contributed by atoms with Gasteiger partial charge in [-0.3, -0.25) is 4.79 Å². The van der Waals surface area contributed by atoms with Gasteiger partial charge in [0.15, 0.2) is 0 Å². The molecule has 0 radical (unpaired) electrons. The number of ether oxygens (including phenoxy) is 1. The van der Waals surface area contributed by atoms with E-state index in [1.807, 2.05) is 24.4 Å². The van der Waals surface area contributed by atoms with Crippen LogP contribution in [0.4, 0.5) is 0 Å². The molecule has 0 aliphatic rings. The average Bonchev–Trinajstić information content (AvgIpc) is 2.83. The van der Waals surface area contributed by atoms with E-state index >= 15 is 0 Å². The van der Waals surface area contributed by atoms with E-state index < -0.39 is 0 Å². The van der Waals surface area contributed by atoms with E-state index in [4.69, 9.17) is 0 Å². The number of aryl methyl sites for hydroxylation is 1. The van der Waals surface area contributed by atoms with Crippen molar-refractivity contribution in [3.63, 3.8) is 0 Å². The summed E-state index contributed by atoms with van der Waals surface area (Å²) in [5.74, 6) is 0. The van der Waals surface area contributed by atoms with Crippen LogP contribution in [-0.4, -0.2) is 11.5 Å². The van der Waals surface area contributed by atoms with Crippen molar-refractivity contribution in [2.45, 2.75) is 13.5 Å². The van der Waals surface area contributed by atoms with E-state index in [0.717, 1.165) is 20.5 Å². The van der Waals surface area contributed by atoms with Crippen LogP contribution in [0.1, 0.15) is 9.88 Å². The van der Waals surface area contributed by atoms with Gasteiger partial charge >= 0.3 is 0 Å². The molecule has 0 atom stereocenters. The Labute approximate surface area is 95.4 Å². The summed E-state index contributed by atoms with van der Waals surface area (Å²) in [6, 6.07) is 3.96. The van der Waals surface area contributed by atoms with E-state index in [1.165, 1.54) is 0 Å². The van der Waals surface area contributed by atoms with E-state index in [-0.39, 0.29) is 0 Å². The second-order valence-electron chi connectivity index (χ2n) is 2.92. The van der Waals surface area contributed by atoms with Crippen LogP contribution in [0.3, 0.4) is 0 Å². The molecule has 15 heavy (non-hydrogen) atoms. The largest absolute Gasteiger partial charge is 0.462 e. The van der Waals surface area contributed by atoms with Gasteiger partial charge in [0.2, 0.25) is 0 Å². The fraction of sp³-hybridized carbons (Fsp3) is 0.200. The molecule has 0 saturated heterocycles. The Morgan fingerprint density at radius 1 is 1.53 bits per heavy atom. The summed E-state index contributed by atoms with van der Waals surface area (Å²) in [7, 11) is 0. The number of nitrogens with zero attached hydrogens (tertiary/aromatic N) is 1. The third-order valence-corrected chi connectivity index (χ3v) is 3.68. The molecule has 78 valence electrons. The molecule has 0 aliphatic carbocycles. The first-order valence-corrected chi connectivity index (χ1v) is 6.05. The molecule has 0 fully saturated rings. The van der Waals surface area contributed by atoms with Crippen LogP contribution in [0.2, 0.25) is 0 Å². The second kappa shape index (κ2) is 4.55. The molecule has 0 aliphatic heterocycles. The molecule has 0 unspecified atom stereocenters. The summed E-state index contributed by atoms with van der Waals surface area (Å²) in [6.07, 6.45) is 0. The van der Waals surface area contributed by atoms with Crippen LogP contribution in [0.15, 0.2) is 17.5 Å². The number of hydrogen-bond donors (Lipinski definition) is 0. The van der Waals surface area contributed by atoms with Gasteiger partial charge in [0.05, 0.1) is 15.6 Å². The quantitative estimate of drug-likeness (QED) is 0.770. The Hall–Kier alpha value is -1.20. The van der Waals surface area contributed by atoms with Crippen molar-refractivity contribution in [2.75, 3.05) is 0 Å². The van der Waals surface area contributed by atoms with Crippen molar-refractivity contribution in [3.8, 4) is 10.6 Å². The standard InChI is InChI=1S/C10H9NO2S2/c1-7-11-9(5-14-7)10-3-2-8(15-10)4-13-6-12/h2-3,5-6H,4H2,1H3. The van der Waals surface area contributed by atoms with E-state index in [1.54, 1.807) is 22.7 Å². The maximum atomic E-state index is 10.0. The highest BCUT2D eigenvalue weighted by molar-refractivity contribution is 7.16. The minimum absolute atomic E-state index is 0.345. The lowest BCUT2D eigenvalue weighted by atomic mass is 10.4. The lowest BCUT2D eigenvalue weighted by Gasteiger charge is -1.92. The minimum atomic E-state index is 0.345. The Bertz CT molecular complexity index is 461. The summed E-state index contributed by atoms with van der Waals surface area (Å²) in [5.41, 5.74) is 1.000. The van der Waals surface area contributed by atoms with Crippen LogP contribution in [0.5, 0.6) is 0 Å². The molecular formula is C10H9NO2S2. The summed E-state index contributed by atoms with van der Waals surface area (Å²) in [6.45, 7) is 2.79. The van der Waals surface area contributed by atoms with Crippen LogP contribution >= 0.6 is 22.7 Å². The number of hydrogen-bond acceptors (Lipinski definition) is 5. The van der Waals surface area contributed by atoms with E-state index in [0.29, 0.717) is 13.1 Å². The molecule has 0 saturated carbocycles. The molecule has 2 aromatic rings. The van der Waals surface area contributed by atoms with Crippen molar-refractivity contribution in [3.05, 3.63) is 27.4 Å². The zero-order valence-electron chi connectivity index (χ0n) is 8.10. The molecular weight excluding hydrogens is 230 g/mol. The van der Waals surface area contributed by atoms with Crippen molar-refractivity contribution in [1.82, 2.24) is 4.98 Å². The molecule has 2 aromatic heterocycles. The lowest BCUT2D eigenvalue weighted by Crippen LogP contribution is -1.84. The molecule has 5 heteroatoms. The van der Waals surface area contributed by atoms with Crippen LogP contribution in [-0.2, 0) is 16.1 Å². The van der Waals surface area contributed by atoms with Crippen molar-refractivity contribution in [2.24, 2.45) is 0 Å². The number of thiazole rings is 1. The van der Waals surface area contributed by atoms with Gasteiger partial charge in [-0.25, -0.2) is 4.98 Å². The first-order valence-electron chi connectivity index (χ1n) is 4.36. The Balaban J connectivity index is 2.16. The minimum Gasteiger partial charge on any atom is -0.462 e. The van der Waals surface area contributed by atoms with Gasteiger partial charge in [-0.1, -0.05) is 0 Å². The fourth-order valence-electron chi connectivity index (χ4n) is 1.19. The highest BCUT2D eigenvalue weighted by Crippen LogP contribution is 2.29. The number of carbonyl (C=O) groups is 1. The number of rotatable bonds is 4. The van der Waals surface area contributed by atoms with Gasteiger partial charge in [-0.05, 0) is 19.1 Å². The predicted octanol–water partition coefficient (Wildman–Crippen LogP) is 2.85. The maximum Gasteiger partial charge on any atom is 0.293 e. The van der Waals surface area contributed by atoms with Gasteiger partial charge in [-0.15, -0.1) is 22.7 Å². The number of aromatic nitrogens is 1. The molecule has 3 nitrogen and oxygen atoms in total. The fourth-order valence-corrected chi connectivity index (χ4v) is 2.76. The zero-order chi connectivity index (χ0) is 10.7. The molecule has 0 N–H and O–H groups in total. The van der Waals surface area contributed by atoms with E-state index in [2.05, 4.69) is 9.72 Å². The molecule has 0 aromatic carbocycles. The summed E-state index contributed by atoms with van der Waals surface area (Å²) in [4.78, 5) is 16.6. The first kappa shape index (κ1) is 10.3. The number of carbonyl (C=O) groups excluding carboxylic acids is 1. The molecule has 0 spiro atoms. The maximum absolute atomic E-state index is 10.0. The molecule has 2 rings (SSSR count). The predicted molar refractivity (Wildman–Crippen MR) is 61.0 cm³/mol. The van der Waals surface area contributed by atoms with E-state index in [9.17, 15) is 4.79 Å². The third-order valence-electron chi connectivity index (χ3n) is 1.83. The Kier molecular flexibility index (Phi) is 3.13. The Morgan fingerprint density at radius 2 is 2.40 bits per heavy atom. The van der Waals surface area contributed by atoms with Crippen LogP contribution in [0.25, 0.3) is 10.6 Å². The van der Waals surface area contributed by atoms with Crippen molar-refractivity contribution < 1.29 is 9.53 Å². The van der Waals surface area contributed by atoms with Gasteiger partial charge in [-0.2, -0.15) is 0 Å². The van der Waals surface area contributed by atoms with Crippen LogP contribution < -0.4 is 0 Å². The molecule has 2 heterocycles. The zero-order valence-corrected chi connectivity index (χ0v) is 9.73. The second-order valence-corrected chi connectivity index (χ2v) is 5.16. The van der Waals surface area contributed by atoms with Gasteiger partial charge in [0, 0.05) is 10.3 Å². The summed E-state index contributed by atoms with van der Waals surface area (Å²) in [5, 5.41) is 3.09. The monoisotopic (exact) mass is 239 g/mol. The highest BCUT2D eigenvalue weighted by atomic mass is 32.1. The van der Waals surface area contributed by atoms with Gasteiger partial charge in [0.1, 0.15) is 6.61 Å². The summed E-state index contributed by atoms with van der Waals surface area (Å²) >= 11 is 3.23. The first-order chi connectivity index (χ1) is 7.29.